The monoisotopic (exact) mass is 456 g/mol. The van der Waals surface area contributed by atoms with Gasteiger partial charge in [0.1, 0.15) is 24.5 Å². The topological polar surface area (TPSA) is 59.1 Å². The lowest BCUT2D eigenvalue weighted by atomic mass is 10.1. The van der Waals surface area contributed by atoms with Gasteiger partial charge in [0, 0.05) is 29.1 Å². The van der Waals surface area contributed by atoms with Gasteiger partial charge in [-0.05, 0) is 49.2 Å². The molecule has 4 aromatic rings. The van der Waals surface area contributed by atoms with Gasteiger partial charge in [-0.2, -0.15) is 0 Å². The Hall–Kier alpha value is -3.35. The summed E-state index contributed by atoms with van der Waals surface area (Å²) in [5, 5.41) is 3.41. The van der Waals surface area contributed by atoms with Crippen LogP contribution in [0.1, 0.15) is 25.0 Å². The van der Waals surface area contributed by atoms with E-state index in [1.807, 2.05) is 54.6 Å². The van der Waals surface area contributed by atoms with Crippen LogP contribution in [0.5, 0.6) is 5.75 Å². The molecule has 0 aliphatic rings. The Labute approximate surface area is 199 Å². The second-order valence-corrected chi connectivity index (χ2v) is 8.76. The molecule has 1 heterocycles. The maximum Gasteiger partial charge on any atom is 0.134 e. The lowest BCUT2D eigenvalue weighted by molar-refractivity contribution is 0.307. The third-order valence-electron chi connectivity index (χ3n) is 4.82. The maximum atomic E-state index is 6.12. The van der Waals surface area contributed by atoms with Crippen LogP contribution in [0.25, 0.3) is 11.3 Å². The lowest BCUT2D eigenvalue weighted by Gasteiger charge is -2.13. The second kappa shape index (κ2) is 11.5. The van der Waals surface area contributed by atoms with Gasteiger partial charge in [-0.3, -0.25) is 4.72 Å². The van der Waals surface area contributed by atoms with Crippen LogP contribution in [-0.2, 0) is 12.4 Å². The molecule has 4 rings (SSSR count). The number of hydrogen-bond acceptors (Lipinski definition) is 6. The van der Waals surface area contributed by atoms with Gasteiger partial charge in [0.15, 0.2) is 0 Å². The third kappa shape index (κ3) is 6.81. The van der Waals surface area contributed by atoms with Crippen molar-refractivity contribution < 1.29 is 4.74 Å². The van der Waals surface area contributed by atoms with Gasteiger partial charge in [0.25, 0.3) is 0 Å². The summed E-state index contributed by atoms with van der Waals surface area (Å²) in [4.78, 5) is 8.92. The molecule has 0 bridgehead atoms. The normalized spacial score (nSPS) is 10.9. The zero-order valence-electron chi connectivity index (χ0n) is 18.9. The van der Waals surface area contributed by atoms with E-state index in [9.17, 15) is 0 Å². The highest BCUT2D eigenvalue weighted by molar-refractivity contribution is 7.96. The number of aromatic nitrogens is 2. The quantitative estimate of drug-likeness (QED) is 0.262. The average Bonchev–Trinajstić information content (AvgIpc) is 2.84. The maximum absolute atomic E-state index is 6.12. The summed E-state index contributed by atoms with van der Waals surface area (Å²) in [6, 6.07) is 28.9. The summed E-state index contributed by atoms with van der Waals surface area (Å²) in [6.07, 6.45) is 1.58. The van der Waals surface area contributed by atoms with Crippen molar-refractivity contribution >= 4 is 23.5 Å². The Bertz CT molecular complexity index is 1170. The number of benzene rings is 3. The fourth-order valence-corrected chi connectivity index (χ4v) is 4.05. The van der Waals surface area contributed by atoms with E-state index in [-0.39, 0.29) is 0 Å². The van der Waals surface area contributed by atoms with Crippen molar-refractivity contribution in [3.63, 3.8) is 0 Å². The first-order valence-electron chi connectivity index (χ1n) is 11.0. The van der Waals surface area contributed by atoms with Gasteiger partial charge >= 0.3 is 0 Å². The summed E-state index contributed by atoms with van der Waals surface area (Å²) in [5.41, 5.74) is 5.11. The number of rotatable bonds is 10. The van der Waals surface area contributed by atoms with Crippen LogP contribution >= 0.6 is 11.9 Å². The smallest absolute Gasteiger partial charge is 0.134 e. The molecule has 0 saturated heterocycles. The van der Waals surface area contributed by atoms with E-state index >= 15 is 0 Å². The Balaban J connectivity index is 1.48. The van der Waals surface area contributed by atoms with Crippen LogP contribution in [0.2, 0.25) is 0 Å². The molecule has 5 nitrogen and oxygen atoms in total. The minimum Gasteiger partial charge on any atom is -0.488 e. The number of nitrogens with zero attached hydrogens (tertiary/aromatic N) is 2. The fourth-order valence-electron chi connectivity index (χ4n) is 3.29. The zero-order valence-corrected chi connectivity index (χ0v) is 19.7. The number of ether oxygens (including phenoxy) is 1. The minimum atomic E-state index is 0.454. The highest BCUT2D eigenvalue weighted by Gasteiger charge is 2.09. The predicted octanol–water partition coefficient (Wildman–Crippen LogP) is 6.61. The molecule has 0 spiro atoms. The van der Waals surface area contributed by atoms with Gasteiger partial charge in [-0.15, -0.1) is 0 Å². The lowest BCUT2D eigenvalue weighted by Crippen LogP contribution is -2.14. The van der Waals surface area contributed by atoms with Crippen molar-refractivity contribution in [2.45, 2.75) is 32.2 Å². The van der Waals surface area contributed by atoms with E-state index in [2.05, 4.69) is 64.2 Å². The molecule has 6 heteroatoms. The third-order valence-corrected chi connectivity index (χ3v) is 5.94. The highest BCUT2D eigenvalue weighted by Crippen LogP contribution is 2.30. The number of para-hydroxylation sites is 1. The van der Waals surface area contributed by atoms with Gasteiger partial charge < -0.3 is 10.1 Å². The van der Waals surface area contributed by atoms with Crippen molar-refractivity contribution in [3.8, 4) is 17.0 Å². The first-order valence-corrected chi connectivity index (χ1v) is 12.0. The SMILES string of the molecule is CC(C)NSCc1cccc(Nc2cc(-c3ccccc3OCc3ccccc3)ncn2)c1. The summed E-state index contributed by atoms with van der Waals surface area (Å²) in [5.74, 6) is 2.43. The Morgan fingerprint density at radius 3 is 2.48 bits per heavy atom. The summed E-state index contributed by atoms with van der Waals surface area (Å²) >= 11 is 1.72. The van der Waals surface area contributed by atoms with Crippen molar-refractivity contribution in [3.05, 3.63) is 102 Å². The molecule has 1 aromatic heterocycles. The summed E-state index contributed by atoms with van der Waals surface area (Å²) in [7, 11) is 0. The van der Waals surface area contributed by atoms with Crippen LogP contribution in [0, 0.1) is 0 Å². The molecule has 168 valence electrons. The van der Waals surface area contributed by atoms with Crippen LogP contribution in [0.3, 0.4) is 0 Å². The van der Waals surface area contributed by atoms with E-state index in [0.29, 0.717) is 12.6 Å². The van der Waals surface area contributed by atoms with E-state index < -0.39 is 0 Å². The standard InChI is InChI=1S/C27H28N4OS/c1-20(2)31-33-18-22-11-8-12-23(15-22)30-27-16-25(28-19-29-27)24-13-6-7-14-26(24)32-17-21-9-4-3-5-10-21/h3-16,19-20,31H,17-18H2,1-2H3,(H,28,29,30). The number of nitrogens with one attached hydrogen (secondary N) is 2. The van der Waals surface area contributed by atoms with Crippen LogP contribution in [-0.4, -0.2) is 16.0 Å². The fraction of sp³-hybridized carbons (Fsp3) is 0.185. The van der Waals surface area contributed by atoms with Gasteiger partial charge in [0.2, 0.25) is 0 Å². The van der Waals surface area contributed by atoms with Crippen molar-refractivity contribution in [1.29, 1.82) is 0 Å². The molecule has 0 amide bonds. The van der Waals surface area contributed by atoms with Crippen molar-refractivity contribution in [2.24, 2.45) is 0 Å². The molecule has 0 atom stereocenters. The Morgan fingerprint density at radius 1 is 0.848 bits per heavy atom. The highest BCUT2D eigenvalue weighted by atomic mass is 32.2. The molecule has 0 unspecified atom stereocenters. The summed E-state index contributed by atoms with van der Waals surface area (Å²) in [6.45, 7) is 4.79. The molecule has 0 fully saturated rings. The minimum absolute atomic E-state index is 0.454. The van der Waals surface area contributed by atoms with E-state index in [1.54, 1.807) is 18.3 Å². The second-order valence-electron chi connectivity index (χ2n) is 7.95. The summed E-state index contributed by atoms with van der Waals surface area (Å²) < 4.78 is 9.50. The number of anilines is 2. The van der Waals surface area contributed by atoms with E-state index in [0.717, 1.165) is 39.8 Å². The molecular formula is C27H28N4OS. The van der Waals surface area contributed by atoms with Crippen LogP contribution < -0.4 is 14.8 Å². The van der Waals surface area contributed by atoms with Crippen LogP contribution in [0.15, 0.2) is 91.3 Å². The number of hydrogen-bond donors (Lipinski definition) is 2. The van der Waals surface area contributed by atoms with Crippen molar-refractivity contribution in [1.82, 2.24) is 14.7 Å². The first-order chi connectivity index (χ1) is 16.2. The molecule has 0 radical (unpaired) electrons. The van der Waals surface area contributed by atoms with Gasteiger partial charge in [0.05, 0.1) is 5.69 Å². The first kappa shape index (κ1) is 22.8. The average molecular weight is 457 g/mol. The molecule has 2 N–H and O–H groups in total. The zero-order chi connectivity index (χ0) is 22.9. The Morgan fingerprint density at radius 2 is 1.64 bits per heavy atom. The van der Waals surface area contributed by atoms with E-state index in [1.165, 1.54) is 5.56 Å². The molecule has 0 aliphatic heterocycles. The van der Waals surface area contributed by atoms with Gasteiger partial charge in [-0.1, -0.05) is 66.5 Å². The van der Waals surface area contributed by atoms with E-state index in [4.69, 9.17) is 4.74 Å². The predicted molar refractivity (Wildman–Crippen MR) is 138 cm³/mol. The molecular weight excluding hydrogens is 428 g/mol. The molecule has 3 aromatic carbocycles. The molecule has 0 saturated carbocycles. The van der Waals surface area contributed by atoms with Gasteiger partial charge in [-0.25, -0.2) is 9.97 Å². The molecule has 0 aliphatic carbocycles. The Kier molecular flexibility index (Phi) is 7.95. The van der Waals surface area contributed by atoms with Crippen molar-refractivity contribution in [2.75, 3.05) is 5.32 Å². The largest absolute Gasteiger partial charge is 0.488 e. The van der Waals surface area contributed by atoms with Crippen LogP contribution in [0.4, 0.5) is 11.5 Å². The molecule has 33 heavy (non-hydrogen) atoms.